The molecule has 108 valence electrons. The molecule has 2 rings (SSSR count). The van der Waals surface area contributed by atoms with Crippen LogP contribution in [-0.4, -0.2) is 31.1 Å². The lowest BCUT2D eigenvalue weighted by molar-refractivity contribution is -0.120. The van der Waals surface area contributed by atoms with Crippen LogP contribution in [0.25, 0.3) is 0 Å². The van der Waals surface area contributed by atoms with E-state index in [0.29, 0.717) is 6.07 Å². The van der Waals surface area contributed by atoms with E-state index < -0.39 is 23.4 Å². The second-order valence-electron chi connectivity index (χ2n) is 4.32. The minimum Gasteiger partial charge on any atom is -0.343 e. The molecule has 1 aromatic rings. The van der Waals surface area contributed by atoms with E-state index in [2.05, 4.69) is 21.5 Å². The zero-order valence-corrected chi connectivity index (χ0v) is 10.5. The van der Waals surface area contributed by atoms with Crippen molar-refractivity contribution in [3.05, 3.63) is 35.4 Å². The highest BCUT2D eigenvalue weighted by Crippen LogP contribution is 2.07. The van der Waals surface area contributed by atoms with Crippen molar-refractivity contribution in [3.8, 4) is 0 Å². The molecule has 1 aliphatic heterocycles. The van der Waals surface area contributed by atoms with Gasteiger partial charge in [-0.2, -0.15) is 0 Å². The first-order valence-electron chi connectivity index (χ1n) is 6.06. The number of benzene rings is 1. The van der Waals surface area contributed by atoms with E-state index in [1.165, 1.54) is 0 Å². The largest absolute Gasteiger partial charge is 0.343 e. The number of carbonyl (C=O) groups excluding carboxylic acids is 2. The SMILES string of the molecule is O=C(CNC(=O)c1cc(F)cc(F)c1)NC1CCNN1. The number of hydrazine groups is 1. The number of halogens is 2. The molecule has 0 spiro atoms. The van der Waals surface area contributed by atoms with Crippen LogP contribution in [0.2, 0.25) is 0 Å². The van der Waals surface area contributed by atoms with E-state index in [-0.39, 0.29) is 18.3 Å². The van der Waals surface area contributed by atoms with Gasteiger partial charge in [-0.15, -0.1) is 0 Å². The quantitative estimate of drug-likeness (QED) is 0.608. The summed E-state index contributed by atoms with van der Waals surface area (Å²) >= 11 is 0. The Hall–Kier alpha value is -2.06. The van der Waals surface area contributed by atoms with E-state index in [1.54, 1.807) is 0 Å². The first-order chi connectivity index (χ1) is 9.54. The number of carbonyl (C=O) groups is 2. The van der Waals surface area contributed by atoms with Crippen LogP contribution in [0.5, 0.6) is 0 Å². The van der Waals surface area contributed by atoms with E-state index in [0.717, 1.165) is 25.1 Å². The molecule has 1 saturated heterocycles. The second kappa shape index (κ2) is 6.40. The summed E-state index contributed by atoms with van der Waals surface area (Å²) in [6.45, 7) is 0.467. The van der Waals surface area contributed by atoms with Gasteiger partial charge in [0.15, 0.2) is 0 Å². The van der Waals surface area contributed by atoms with E-state index in [9.17, 15) is 18.4 Å². The molecule has 0 aromatic heterocycles. The fourth-order valence-corrected chi connectivity index (χ4v) is 1.79. The van der Waals surface area contributed by atoms with Crippen LogP contribution in [0.15, 0.2) is 18.2 Å². The monoisotopic (exact) mass is 284 g/mol. The van der Waals surface area contributed by atoms with Crippen molar-refractivity contribution in [2.75, 3.05) is 13.1 Å². The average Bonchev–Trinajstić information content (AvgIpc) is 2.87. The molecule has 1 atom stereocenters. The molecule has 1 unspecified atom stereocenters. The fourth-order valence-electron chi connectivity index (χ4n) is 1.79. The fraction of sp³-hybridized carbons (Fsp3) is 0.333. The first-order valence-corrected chi connectivity index (χ1v) is 6.06. The van der Waals surface area contributed by atoms with Crippen molar-refractivity contribution in [1.29, 1.82) is 0 Å². The highest BCUT2D eigenvalue weighted by atomic mass is 19.1. The van der Waals surface area contributed by atoms with Gasteiger partial charge in [0, 0.05) is 18.2 Å². The Labute approximate surface area is 113 Å². The standard InChI is InChI=1S/C12H14F2N4O2/c13-8-3-7(4-9(14)5-8)12(20)15-6-11(19)17-10-1-2-16-18-10/h3-5,10,16,18H,1-2,6H2,(H,15,20)(H,17,19). The zero-order valence-electron chi connectivity index (χ0n) is 10.5. The van der Waals surface area contributed by atoms with Gasteiger partial charge in [0.1, 0.15) is 11.6 Å². The van der Waals surface area contributed by atoms with Gasteiger partial charge in [-0.05, 0) is 18.6 Å². The highest BCUT2D eigenvalue weighted by Gasteiger charge is 2.16. The molecule has 2 amide bonds. The summed E-state index contributed by atoms with van der Waals surface area (Å²) in [5, 5.41) is 4.93. The van der Waals surface area contributed by atoms with Gasteiger partial charge < -0.3 is 10.6 Å². The maximum absolute atomic E-state index is 12.9. The molecule has 1 fully saturated rings. The van der Waals surface area contributed by atoms with Crippen molar-refractivity contribution in [2.45, 2.75) is 12.6 Å². The molecule has 6 nitrogen and oxygen atoms in total. The molecule has 4 N–H and O–H groups in total. The minimum absolute atomic E-state index is 0.170. The maximum atomic E-state index is 12.9. The zero-order chi connectivity index (χ0) is 14.5. The molecule has 8 heteroatoms. The lowest BCUT2D eigenvalue weighted by Gasteiger charge is -2.12. The summed E-state index contributed by atoms with van der Waals surface area (Å²) in [5.41, 5.74) is 5.50. The van der Waals surface area contributed by atoms with Gasteiger partial charge >= 0.3 is 0 Å². The second-order valence-corrected chi connectivity index (χ2v) is 4.32. The van der Waals surface area contributed by atoms with Crippen molar-refractivity contribution in [3.63, 3.8) is 0 Å². The minimum atomic E-state index is -0.846. The smallest absolute Gasteiger partial charge is 0.251 e. The molecule has 20 heavy (non-hydrogen) atoms. The number of hydrogen-bond donors (Lipinski definition) is 4. The van der Waals surface area contributed by atoms with Gasteiger partial charge in [-0.3, -0.25) is 15.0 Å². The molecule has 0 saturated carbocycles. The van der Waals surface area contributed by atoms with Gasteiger partial charge in [0.2, 0.25) is 5.91 Å². The third kappa shape index (κ3) is 3.97. The van der Waals surface area contributed by atoms with Crippen LogP contribution in [0.3, 0.4) is 0 Å². The molecule has 1 aliphatic rings. The number of nitrogens with one attached hydrogen (secondary N) is 4. The Morgan fingerprint density at radius 3 is 2.55 bits per heavy atom. The summed E-state index contributed by atoms with van der Waals surface area (Å²) in [6, 6.07) is 2.47. The van der Waals surface area contributed by atoms with Crippen molar-refractivity contribution in [2.24, 2.45) is 0 Å². The Balaban J connectivity index is 1.83. The summed E-state index contributed by atoms with van der Waals surface area (Å²) in [4.78, 5) is 23.2. The van der Waals surface area contributed by atoms with Crippen molar-refractivity contribution >= 4 is 11.8 Å². The average molecular weight is 284 g/mol. The maximum Gasteiger partial charge on any atom is 0.251 e. The van der Waals surface area contributed by atoms with Crippen LogP contribution in [0, 0.1) is 11.6 Å². The third-order valence-corrected chi connectivity index (χ3v) is 2.70. The number of rotatable bonds is 4. The summed E-state index contributed by atoms with van der Waals surface area (Å²) in [6.07, 6.45) is 0.542. The molecule has 0 aliphatic carbocycles. The molecule has 1 aromatic carbocycles. The predicted octanol–water partition coefficient (Wildman–Crippen LogP) is -0.365. The van der Waals surface area contributed by atoms with Gasteiger partial charge in [-0.1, -0.05) is 0 Å². The summed E-state index contributed by atoms with van der Waals surface area (Å²) in [7, 11) is 0. The van der Waals surface area contributed by atoms with E-state index in [4.69, 9.17) is 0 Å². The molecule has 1 heterocycles. The van der Waals surface area contributed by atoms with Gasteiger partial charge in [-0.25, -0.2) is 14.2 Å². The highest BCUT2D eigenvalue weighted by molar-refractivity contribution is 5.96. The lowest BCUT2D eigenvalue weighted by Crippen LogP contribution is -2.47. The molecular formula is C12H14F2N4O2. The van der Waals surface area contributed by atoms with Crippen LogP contribution in [0.1, 0.15) is 16.8 Å². The lowest BCUT2D eigenvalue weighted by atomic mass is 10.2. The Kier molecular flexibility index (Phi) is 4.59. The molecule has 0 radical (unpaired) electrons. The van der Waals surface area contributed by atoms with Crippen LogP contribution >= 0.6 is 0 Å². The van der Waals surface area contributed by atoms with Gasteiger partial charge in [0.05, 0.1) is 12.7 Å². The van der Waals surface area contributed by atoms with Crippen LogP contribution in [-0.2, 0) is 4.79 Å². The predicted molar refractivity (Wildman–Crippen MR) is 66.4 cm³/mol. The molecule has 0 bridgehead atoms. The topological polar surface area (TPSA) is 82.3 Å². The van der Waals surface area contributed by atoms with Crippen molar-refractivity contribution in [1.82, 2.24) is 21.5 Å². The van der Waals surface area contributed by atoms with Crippen molar-refractivity contribution < 1.29 is 18.4 Å². The Bertz CT molecular complexity index is 498. The number of hydrogen-bond acceptors (Lipinski definition) is 4. The summed E-state index contributed by atoms with van der Waals surface area (Å²) in [5.74, 6) is -2.80. The first kappa shape index (κ1) is 14.4. The third-order valence-electron chi connectivity index (χ3n) is 2.70. The summed E-state index contributed by atoms with van der Waals surface area (Å²) < 4.78 is 25.9. The van der Waals surface area contributed by atoms with Gasteiger partial charge in [0.25, 0.3) is 5.91 Å². The van der Waals surface area contributed by atoms with E-state index in [1.807, 2.05) is 0 Å². The number of amides is 2. The Morgan fingerprint density at radius 2 is 1.95 bits per heavy atom. The van der Waals surface area contributed by atoms with Crippen LogP contribution < -0.4 is 21.5 Å². The normalized spacial score (nSPS) is 17.8. The Morgan fingerprint density at radius 1 is 1.25 bits per heavy atom. The molecular weight excluding hydrogens is 270 g/mol. The van der Waals surface area contributed by atoms with Crippen LogP contribution in [0.4, 0.5) is 8.78 Å². The van der Waals surface area contributed by atoms with E-state index >= 15 is 0 Å².